The van der Waals surface area contributed by atoms with Gasteiger partial charge in [-0.25, -0.2) is 0 Å². The van der Waals surface area contributed by atoms with Crippen molar-refractivity contribution in [2.24, 2.45) is 5.92 Å². The fourth-order valence-electron chi connectivity index (χ4n) is 2.41. The van der Waals surface area contributed by atoms with Gasteiger partial charge in [-0.1, -0.05) is 6.07 Å². The van der Waals surface area contributed by atoms with Crippen LogP contribution in [0.5, 0.6) is 5.75 Å². The van der Waals surface area contributed by atoms with Crippen molar-refractivity contribution >= 4 is 11.6 Å². The molecule has 1 aliphatic rings. The molecule has 110 valence electrons. The summed E-state index contributed by atoms with van der Waals surface area (Å²) in [5, 5.41) is 2.97. The molecular formula is C15H23N3O2. The maximum atomic E-state index is 11.7. The van der Waals surface area contributed by atoms with Gasteiger partial charge in [-0.15, -0.1) is 0 Å². The Balaban J connectivity index is 1.60. The van der Waals surface area contributed by atoms with E-state index in [1.807, 2.05) is 12.1 Å². The molecule has 1 saturated heterocycles. The van der Waals surface area contributed by atoms with Crippen LogP contribution in [0.25, 0.3) is 0 Å². The maximum absolute atomic E-state index is 11.7. The first-order valence-corrected chi connectivity index (χ1v) is 7.07. The standard InChI is InChI=1S/C15H23N3O2/c1-18-7-5-12(11-18)10-17-15(19)6-8-20-14-4-2-3-13(16)9-14/h2-4,9,12H,5-8,10-11,16H2,1H3,(H,17,19). The number of amides is 1. The van der Waals surface area contributed by atoms with E-state index in [1.165, 1.54) is 0 Å². The molecule has 1 atom stereocenters. The quantitative estimate of drug-likeness (QED) is 0.764. The lowest BCUT2D eigenvalue weighted by molar-refractivity contribution is -0.121. The number of ether oxygens (including phenoxy) is 1. The summed E-state index contributed by atoms with van der Waals surface area (Å²) in [6.07, 6.45) is 1.54. The van der Waals surface area contributed by atoms with Crippen molar-refractivity contribution < 1.29 is 9.53 Å². The summed E-state index contributed by atoms with van der Waals surface area (Å²) in [7, 11) is 2.11. The van der Waals surface area contributed by atoms with Gasteiger partial charge in [0.25, 0.3) is 0 Å². The fourth-order valence-corrected chi connectivity index (χ4v) is 2.41. The molecule has 0 saturated carbocycles. The summed E-state index contributed by atoms with van der Waals surface area (Å²) in [5.74, 6) is 1.33. The number of nitrogens with zero attached hydrogens (tertiary/aromatic N) is 1. The predicted octanol–water partition coefficient (Wildman–Crippen LogP) is 1.11. The summed E-state index contributed by atoms with van der Waals surface area (Å²) in [6.45, 7) is 3.33. The number of hydrogen-bond acceptors (Lipinski definition) is 4. The van der Waals surface area contributed by atoms with Gasteiger partial charge in [0.2, 0.25) is 5.91 Å². The fraction of sp³-hybridized carbons (Fsp3) is 0.533. The first-order valence-electron chi connectivity index (χ1n) is 7.07. The Hall–Kier alpha value is -1.75. The van der Waals surface area contributed by atoms with Crippen molar-refractivity contribution in [1.29, 1.82) is 0 Å². The molecule has 1 unspecified atom stereocenters. The van der Waals surface area contributed by atoms with Crippen molar-refractivity contribution in [2.45, 2.75) is 12.8 Å². The zero-order valence-electron chi connectivity index (χ0n) is 12.0. The minimum atomic E-state index is 0.0449. The van der Waals surface area contributed by atoms with Gasteiger partial charge in [0.15, 0.2) is 0 Å². The predicted molar refractivity (Wildman–Crippen MR) is 79.6 cm³/mol. The van der Waals surface area contributed by atoms with E-state index in [1.54, 1.807) is 12.1 Å². The highest BCUT2D eigenvalue weighted by atomic mass is 16.5. The zero-order valence-corrected chi connectivity index (χ0v) is 12.0. The van der Waals surface area contributed by atoms with E-state index >= 15 is 0 Å². The summed E-state index contributed by atoms with van der Waals surface area (Å²) in [6, 6.07) is 7.23. The van der Waals surface area contributed by atoms with Crippen LogP contribution in [-0.2, 0) is 4.79 Å². The molecular weight excluding hydrogens is 254 g/mol. The number of nitrogens with one attached hydrogen (secondary N) is 1. The number of carbonyl (C=O) groups is 1. The second kappa shape index (κ2) is 7.14. The largest absolute Gasteiger partial charge is 0.493 e. The van der Waals surface area contributed by atoms with Gasteiger partial charge in [-0.2, -0.15) is 0 Å². The van der Waals surface area contributed by atoms with E-state index in [0.29, 0.717) is 30.4 Å². The van der Waals surface area contributed by atoms with Crippen LogP contribution in [0.2, 0.25) is 0 Å². The molecule has 1 aromatic rings. The van der Waals surface area contributed by atoms with Gasteiger partial charge in [-0.05, 0) is 38.1 Å². The van der Waals surface area contributed by atoms with E-state index in [-0.39, 0.29) is 5.91 Å². The molecule has 0 aromatic heterocycles. The molecule has 3 N–H and O–H groups in total. The number of benzene rings is 1. The van der Waals surface area contributed by atoms with Crippen molar-refractivity contribution in [1.82, 2.24) is 10.2 Å². The van der Waals surface area contributed by atoms with Gasteiger partial charge >= 0.3 is 0 Å². The molecule has 1 amide bonds. The van der Waals surface area contributed by atoms with Gasteiger partial charge in [0.1, 0.15) is 5.75 Å². The van der Waals surface area contributed by atoms with Crippen molar-refractivity contribution in [3.05, 3.63) is 24.3 Å². The first-order chi connectivity index (χ1) is 9.63. The number of anilines is 1. The Labute approximate surface area is 120 Å². The Kier molecular flexibility index (Phi) is 5.24. The van der Waals surface area contributed by atoms with E-state index in [2.05, 4.69) is 17.3 Å². The molecule has 1 aliphatic heterocycles. The lowest BCUT2D eigenvalue weighted by Crippen LogP contribution is -2.31. The molecule has 0 spiro atoms. The smallest absolute Gasteiger partial charge is 0.223 e. The normalized spacial score (nSPS) is 18.9. The molecule has 0 bridgehead atoms. The topological polar surface area (TPSA) is 67.6 Å². The molecule has 0 aliphatic carbocycles. The van der Waals surface area contributed by atoms with Crippen LogP contribution in [0.3, 0.4) is 0 Å². The molecule has 5 heteroatoms. The Morgan fingerprint density at radius 1 is 1.55 bits per heavy atom. The average molecular weight is 277 g/mol. The number of likely N-dealkylation sites (tertiary alicyclic amines) is 1. The number of hydrogen-bond donors (Lipinski definition) is 2. The zero-order chi connectivity index (χ0) is 14.4. The van der Waals surface area contributed by atoms with Crippen LogP contribution in [-0.4, -0.2) is 44.1 Å². The van der Waals surface area contributed by atoms with E-state index in [4.69, 9.17) is 10.5 Å². The minimum Gasteiger partial charge on any atom is -0.493 e. The number of rotatable bonds is 6. The van der Waals surface area contributed by atoms with Crippen molar-refractivity contribution in [3.63, 3.8) is 0 Å². The molecule has 1 heterocycles. The number of nitrogens with two attached hydrogens (primary N) is 1. The van der Waals surface area contributed by atoms with Crippen molar-refractivity contribution in [3.8, 4) is 5.75 Å². The van der Waals surface area contributed by atoms with Crippen molar-refractivity contribution in [2.75, 3.05) is 39.0 Å². The highest BCUT2D eigenvalue weighted by Gasteiger charge is 2.19. The van der Waals surface area contributed by atoms with Crippen LogP contribution in [0.15, 0.2) is 24.3 Å². The van der Waals surface area contributed by atoms with E-state index in [0.717, 1.165) is 26.1 Å². The molecule has 20 heavy (non-hydrogen) atoms. The second-order valence-electron chi connectivity index (χ2n) is 5.39. The third kappa shape index (κ3) is 4.74. The lowest BCUT2D eigenvalue weighted by atomic mass is 10.1. The highest BCUT2D eigenvalue weighted by Crippen LogP contribution is 2.15. The van der Waals surface area contributed by atoms with E-state index < -0.39 is 0 Å². The Morgan fingerprint density at radius 3 is 3.10 bits per heavy atom. The Morgan fingerprint density at radius 2 is 2.40 bits per heavy atom. The third-order valence-electron chi connectivity index (χ3n) is 3.53. The van der Waals surface area contributed by atoms with Crippen LogP contribution in [0.4, 0.5) is 5.69 Å². The minimum absolute atomic E-state index is 0.0449. The lowest BCUT2D eigenvalue weighted by Gasteiger charge is -2.12. The summed E-state index contributed by atoms with van der Waals surface area (Å²) >= 11 is 0. The number of nitrogen functional groups attached to an aromatic ring is 1. The van der Waals surface area contributed by atoms with Gasteiger partial charge in [0.05, 0.1) is 13.0 Å². The monoisotopic (exact) mass is 277 g/mol. The van der Waals surface area contributed by atoms with Crippen LogP contribution in [0.1, 0.15) is 12.8 Å². The molecule has 2 rings (SSSR count). The summed E-state index contributed by atoms with van der Waals surface area (Å²) < 4.78 is 5.50. The molecule has 0 radical (unpaired) electrons. The highest BCUT2D eigenvalue weighted by molar-refractivity contribution is 5.76. The summed E-state index contributed by atoms with van der Waals surface area (Å²) in [4.78, 5) is 14.0. The van der Waals surface area contributed by atoms with Crippen LogP contribution in [0, 0.1) is 5.92 Å². The van der Waals surface area contributed by atoms with Gasteiger partial charge < -0.3 is 20.7 Å². The summed E-state index contributed by atoms with van der Waals surface area (Å²) in [5.41, 5.74) is 6.32. The third-order valence-corrected chi connectivity index (χ3v) is 3.53. The first kappa shape index (κ1) is 14.7. The SMILES string of the molecule is CN1CCC(CNC(=O)CCOc2cccc(N)c2)C1. The molecule has 1 aromatic carbocycles. The van der Waals surface area contributed by atoms with Crippen LogP contribution < -0.4 is 15.8 Å². The second-order valence-corrected chi connectivity index (χ2v) is 5.39. The number of carbonyl (C=O) groups excluding carboxylic acids is 1. The van der Waals surface area contributed by atoms with Gasteiger partial charge in [-0.3, -0.25) is 4.79 Å². The molecule has 5 nitrogen and oxygen atoms in total. The van der Waals surface area contributed by atoms with Crippen LogP contribution >= 0.6 is 0 Å². The average Bonchev–Trinajstić information content (AvgIpc) is 2.82. The molecule has 1 fully saturated rings. The van der Waals surface area contributed by atoms with Gasteiger partial charge in [0, 0.05) is 24.8 Å². The van der Waals surface area contributed by atoms with E-state index in [9.17, 15) is 4.79 Å². The Bertz CT molecular complexity index is 450. The maximum Gasteiger partial charge on any atom is 0.223 e.